The smallest absolute Gasteiger partial charge is 0.242 e. The van der Waals surface area contributed by atoms with Gasteiger partial charge >= 0.3 is 0 Å². The third kappa shape index (κ3) is 4.00. The third-order valence-corrected chi connectivity index (χ3v) is 5.46. The lowest BCUT2D eigenvalue weighted by Gasteiger charge is -2.37. The predicted octanol–water partition coefficient (Wildman–Crippen LogP) is 2.47. The van der Waals surface area contributed by atoms with Gasteiger partial charge in [0.15, 0.2) is 0 Å². The van der Waals surface area contributed by atoms with Crippen LogP contribution in [0.4, 0.5) is 0 Å². The summed E-state index contributed by atoms with van der Waals surface area (Å²) in [5, 5.41) is 8.04. The molecule has 1 aromatic heterocycles. The number of nitrogens with zero attached hydrogens (tertiary/aromatic N) is 3. The molecule has 0 radical (unpaired) electrons. The van der Waals surface area contributed by atoms with E-state index < -0.39 is 0 Å². The Morgan fingerprint density at radius 2 is 2.15 bits per heavy atom. The molecule has 0 spiro atoms. The maximum atomic E-state index is 12.9. The van der Waals surface area contributed by atoms with Crippen LogP contribution in [-0.2, 0) is 9.53 Å². The van der Waals surface area contributed by atoms with Gasteiger partial charge in [-0.3, -0.25) is 4.79 Å². The van der Waals surface area contributed by atoms with Crippen molar-refractivity contribution < 1.29 is 14.1 Å². The second-order valence-corrected chi connectivity index (χ2v) is 7.53. The van der Waals surface area contributed by atoms with Crippen molar-refractivity contribution in [1.82, 2.24) is 20.4 Å². The van der Waals surface area contributed by atoms with Gasteiger partial charge in [-0.1, -0.05) is 16.8 Å². The summed E-state index contributed by atoms with van der Waals surface area (Å²) in [6.07, 6.45) is 1.72. The number of likely N-dealkylation sites (tertiary alicyclic amines) is 1. The molecule has 1 aromatic carbocycles. The van der Waals surface area contributed by atoms with E-state index >= 15 is 0 Å². The van der Waals surface area contributed by atoms with Gasteiger partial charge in [-0.2, -0.15) is 4.98 Å². The lowest BCUT2D eigenvalue weighted by molar-refractivity contribution is -0.140. The molecule has 1 amide bonds. The summed E-state index contributed by atoms with van der Waals surface area (Å²) in [7, 11) is 0. The van der Waals surface area contributed by atoms with Crippen LogP contribution < -0.4 is 5.32 Å². The first-order chi connectivity index (χ1) is 13.1. The molecular weight excluding hydrogens is 368 g/mol. The van der Waals surface area contributed by atoms with Gasteiger partial charge in [-0.25, -0.2) is 0 Å². The Hall–Kier alpha value is -1.96. The van der Waals surface area contributed by atoms with Crippen LogP contribution in [0.2, 0.25) is 5.02 Å². The normalized spacial score (nSPS) is 26.1. The molecule has 144 valence electrons. The topological polar surface area (TPSA) is 80.5 Å². The van der Waals surface area contributed by atoms with E-state index in [1.807, 2.05) is 24.0 Å². The minimum absolute atomic E-state index is 0.0519. The highest BCUT2D eigenvalue weighted by atomic mass is 35.5. The summed E-state index contributed by atoms with van der Waals surface area (Å²) < 4.78 is 11.1. The molecular formula is C19H23ClN4O3. The quantitative estimate of drug-likeness (QED) is 0.867. The first-order valence-electron chi connectivity index (χ1n) is 9.35. The van der Waals surface area contributed by atoms with Crippen LogP contribution in [0.3, 0.4) is 0 Å². The van der Waals surface area contributed by atoms with Crippen LogP contribution >= 0.6 is 11.6 Å². The van der Waals surface area contributed by atoms with Gasteiger partial charge in [-0.05, 0) is 44.0 Å². The van der Waals surface area contributed by atoms with Crippen molar-refractivity contribution in [1.29, 1.82) is 0 Å². The lowest BCUT2D eigenvalue weighted by atomic mass is 9.96. The van der Waals surface area contributed by atoms with Gasteiger partial charge in [0.1, 0.15) is 6.04 Å². The molecule has 27 heavy (non-hydrogen) atoms. The lowest BCUT2D eigenvalue weighted by Crippen LogP contribution is -2.57. The Kier molecular flexibility index (Phi) is 5.43. The fraction of sp³-hybridized carbons (Fsp3) is 0.526. The standard InChI is InChI=1S/C19H23ClN4O3/c1-12-16(21-8-10-26-12)19(25)24-9-2-3-14(11-24)18-22-17(23-27-18)13-4-6-15(20)7-5-13/h4-7,12,14,16,21H,2-3,8-11H2,1H3/t12-,14?,16+/m1/s1. The Balaban J connectivity index is 1.45. The summed E-state index contributed by atoms with van der Waals surface area (Å²) >= 11 is 5.93. The SMILES string of the molecule is C[C@H]1OCCN[C@@H]1C(=O)N1CCCC(c2nc(-c3ccc(Cl)cc3)no2)C1. The Bertz CT molecular complexity index is 795. The summed E-state index contributed by atoms with van der Waals surface area (Å²) in [6.45, 7) is 4.62. The van der Waals surface area contributed by atoms with Crippen LogP contribution in [0.1, 0.15) is 31.6 Å². The fourth-order valence-corrected chi connectivity index (χ4v) is 3.83. The molecule has 0 bridgehead atoms. The first kappa shape index (κ1) is 18.4. The molecule has 4 rings (SSSR count). The van der Waals surface area contributed by atoms with Gasteiger partial charge in [-0.15, -0.1) is 0 Å². The van der Waals surface area contributed by atoms with Gasteiger partial charge < -0.3 is 19.5 Å². The molecule has 2 fully saturated rings. The highest BCUT2D eigenvalue weighted by molar-refractivity contribution is 6.30. The largest absolute Gasteiger partial charge is 0.375 e. The predicted molar refractivity (Wildman–Crippen MR) is 101 cm³/mol. The second-order valence-electron chi connectivity index (χ2n) is 7.09. The monoisotopic (exact) mass is 390 g/mol. The van der Waals surface area contributed by atoms with Gasteiger partial charge in [0.05, 0.1) is 18.6 Å². The van der Waals surface area contributed by atoms with Crippen molar-refractivity contribution in [2.24, 2.45) is 0 Å². The minimum atomic E-state index is -0.287. The summed E-state index contributed by atoms with van der Waals surface area (Å²) in [6, 6.07) is 7.04. The summed E-state index contributed by atoms with van der Waals surface area (Å²) in [5.74, 6) is 1.26. The Labute approximate surface area is 163 Å². The van der Waals surface area contributed by atoms with Crippen molar-refractivity contribution >= 4 is 17.5 Å². The van der Waals surface area contributed by atoms with Crippen molar-refractivity contribution in [3.8, 4) is 11.4 Å². The summed E-state index contributed by atoms with van der Waals surface area (Å²) in [5.41, 5.74) is 0.857. The molecule has 2 aromatic rings. The number of amides is 1. The number of carbonyl (C=O) groups is 1. The van der Waals surface area contributed by atoms with Crippen molar-refractivity contribution in [3.63, 3.8) is 0 Å². The molecule has 3 heterocycles. The average Bonchev–Trinajstić information content (AvgIpc) is 3.19. The molecule has 1 N–H and O–H groups in total. The van der Waals surface area contributed by atoms with E-state index in [0.29, 0.717) is 36.4 Å². The number of aromatic nitrogens is 2. The number of nitrogens with one attached hydrogen (secondary N) is 1. The van der Waals surface area contributed by atoms with Crippen molar-refractivity contribution in [3.05, 3.63) is 35.2 Å². The maximum Gasteiger partial charge on any atom is 0.242 e. The van der Waals surface area contributed by atoms with E-state index in [1.165, 1.54) is 0 Å². The number of hydrogen-bond acceptors (Lipinski definition) is 6. The fourth-order valence-electron chi connectivity index (χ4n) is 3.70. The van der Waals surface area contributed by atoms with E-state index in [-0.39, 0.29) is 24.0 Å². The van der Waals surface area contributed by atoms with E-state index in [9.17, 15) is 4.79 Å². The molecule has 7 nitrogen and oxygen atoms in total. The minimum Gasteiger partial charge on any atom is -0.375 e. The van der Waals surface area contributed by atoms with Crippen LogP contribution in [0.15, 0.2) is 28.8 Å². The van der Waals surface area contributed by atoms with Gasteiger partial charge in [0, 0.05) is 30.2 Å². The molecule has 2 saturated heterocycles. The molecule has 1 unspecified atom stereocenters. The van der Waals surface area contributed by atoms with E-state index in [2.05, 4.69) is 15.5 Å². The van der Waals surface area contributed by atoms with Crippen LogP contribution in [0, 0.1) is 0 Å². The molecule has 8 heteroatoms. The van der Waals surface area contributed by atoms with Crippen molar-refractivity contribution in [2.45, 2.75) is 37.8 Å². The highest BCUT2D eigenvalue weighted by Crippen LogP contribution is 2.28. The molecule has 2 aliphatic heterocycles. The van der Waals surface area contributed by atoms with Crippen LogP contribution in [0.5, 0.6) is 0 Å². The van der Waals surface area contributed by atoms with Crippen molar-refractivity contribution in [2.75, 3.05) is 26.2 Å². The average molecular weight is 391 g/mol. The molecule has 0 aliphatic carbocycles. The Morgan fingerprint density at radius 1 is 1.33 bits per heavy atom. The number of carbonyl (C=O) groups excluding carboxylic acids is 1. The molecule has 3 atom stereocenters. The zero-order chi connectivity index (χ0) is 18.8. The molecule has 2 aliphatic rings. The number of ether oxygens (including phenoxy) is 1. The number of rotatable bonds is 3. The zero-order valence-electron chi connectivity index (χ0n) is 15.2. The number of piperidine rings is 1. The van der Waals surface area contributed by atoms with E-state index in [0.717, 1.165) is 24.9 Å². The zero-order valence-corrected chi connectivity index (χ0v) is 16.0. The van der Waals surface area contributed by atoms with Crippen LogP contribution in [-0.4, -0.2) is 59.3 Å². The maximum absolute atomic E-state index is 12.9. The van der Waals surface area contributed by atoms with Gasteiger partial charge in [0.25, 0.3) is 0 Å². The van der Waals surface area contributed by atoms with Crippen LogP contribution in [0.25, 0.3) is 11.4 Å². The first-order valence-corrected chi connectivity index (χ1v) is 9.73. The third-order valence-electron chi connectivity index (χ3n) is 5.21. The highest BCUT2D eigenvalue weighted by Gasteiger charge is 2.35. The number of hydrogen-bond donors (Lipinski definition) is 1. The number of benzene rings is 1. The summed E-state index contributed by atoms with van der Waals surface area (Å²) in [4.78, 5) is 19.4. The number of morpholine rings is 1. The van der Waals surface area contributed by atoms with E-state index in [4.69, 9.17) is 20.9 Å². The number of halogens is 1. The van der Waals surface area contributed by atoms with Gasteiger partial charge in [0.2, 0.25) is 17.6 Å². The Morgan fingerprint density at radius 3 is 2.93 bits per heavy atom. The second kappa shape index (κ2) is 7.96. The van der Waals surface area contributed by atoms with E-state index in [1.54, 1.807) is 12.1 Å². The molecule has 0 saturated carbocycles.